The number of aliphatic carboxylic acids is 1. The minimum absolute atomic E-state index is 0.135. The number of nitrogens with one attached hydrogen (secondary N) is 1. The molecule has 2 saturated heterocycles. The fourth-order valence-corrected chi connectivity index (χ4v) is 3.43. The molecule has 0 aromatic carbocycles. The molecule has 0 aliphatic carbocycles. The Bertz CT molecular complexity index is 901. The topological polar surface area (TPSA) is 183 Å². The Labute approximate surface area is 167 Å². The number of anilines is 1. The van der Waals surface area contributed by atoms with Crippen LogP contribution in [0.15, 0.2) is 10.5 Å². The van der Waals surface area contributed by atoms with Crippen LogP contribution in [0.4, 0.5) is 5.13 Å². The summed E-state index contributed by atoms with van der Waals surface area (Å²) in [7, 11) is 1.22. The number of carboxylic acids is 1. The highest BCUT2D eigenvalue weighted by Crippen LogP contribution is 2.37. The summed E-state index contributed by atoms with van der Waals surface area (Å²) in [4.78, 5) is 62.5. The number of carbonyl (C=O) groups excluding carboxylic acids is 3. The Morgan fingerprint density at radius 1 is 1.52 bits per heavy atom. The van der Waals surface area contributed by atoms with Crippen LogP contribution in [-0.4, -0.2) is 70.1 Å². The van der Waals surface area contributed by atoms with Crippen molar-refractivity contribution >= 4 is 45.9 Å². The molecule has 2 amide bonds. The number of hydrogen-bond acceptors (Lipinski definition) is 11. The van der Waals surface area contributed by atoms with Crippen LogP contribution in [0.25, 0.3) is 0 Å². The van der Waals surface area contributed by atoms with Crippen molar-refractivity contribution in [1.82, 2.24) is 15.4 Å². The lowest BCUT2D eigenvalue weighted by Crippen LogP contribution is -2.57. The quantitative estimate of drug-likeness (QED) is 0.280. The fraction of sp³-hybridized carbons (Fsp3) is 0.467. The molecule has 3 rings (SSSR count). The second-order valence-corrected chi connectivity index (χ2v) is 7.15. The molecule has 156 valence electrons. The number of rotatable bonds is 6. The van der Waals surface area contributed by atoms with Crippen LogP contribution in [0.3, 0.4) is 0 Å². The fourth-order valence-electron chi connectivity index (χ4n) is 2.88. The van der Waals surface area contributed by atoms with Crippen molar-refractivity contribution in [2.24, 2.45) is 11.1 Å². The molecule has 2 unspecified atom stereocenters. The molecule has 13 nitrogen and oxygen atoms in total. The van der Waals surface area contributed by atoms with E-state index in [4.69, 9.17) is 15.3 Å². The Kier molecular flexibility index (Phi) is 5.39. The van der Waals surface area contributed by atoms with Gasteiger partial charge in [-0.3, -0.25) is 19.2 Å². The van der Waals surface area contributed by atoms with Gasteiger partial charge in [0.05, 0.1) is 5.92 Å². The van der Waals surface area contributed by atoms with E-state index in [2.05, 4.69) is 20.3 Å². The van der Waals surface area contributed by atoms with Gasteiger partial charge in [0.15, 0.2) is 10.8 Å². The Balaban J connectivity index is 1.77. The summed E-state index contributed by atoms with van der Waals surface area (Å²) in [6.07, 6.45) is -0.290. The van der Waals surface area contributed by atoms with Crippen molar-refractivity contribution < 1.29 is 38.7 Å². The van der Waals surface area contributed by atoms with Gasteiger partial charge in [0.25, 0.3) is 11.8 Å². The molecule has 2 fully saturated rings. The molecule has 3 atom stereocenters. The van der Waals surface area contributed by atoms with Crippen molar-refractivity contribution in [3.05, 3.63) is 11.1 Å². The molecule has 2 aliphatic heterocycles. The summed E-state index contributed by atoms with van der Waals surface area (Å²) in [6, 6.07) is -1.24. The molecule has 14 heteroatoms. The first-order chi connectivity index (χ1) is 13.7. The first-order valence-corrected chi connectivity index (χ1v) is 9.14. The Morgan fingerprint density at radius 2 is 2.24 bits per heavy atom. The van der Waals surface area contributed by atoms with E-state index in [-0.39, 0.29) is 29.6 Å². The molecule has 0 radical (unpaired) electrons. The zero-order valence-corrected chi connectivity index (χ0v) is 16.1. The van der Waals surface area contributed by atoms with Gasteiger partial charge >= 0.3 is 17.7 Å². The number of carbonyl (C=O) groups is 4. The van der Waals surface area contributed by atoms with Crippen molar-refractivity contribution in [3.8, 4) is 0 Å². The van der Waals surface area contributed by atoms with E-state index in [9.17, 15) is 24.3 Å². The maximum atomic E-state index is 12.7. The summed E-state index contributed by atoms with van der Waals surface area (Å²) in [5.41, 5.74) is 3.16. The lowest BCUT2D eigenvalue weighted by atomic mass is 10.0. The summed E-state index contributed by atoms with van der Waals surface area (Å²) in [5, 5.41) is 17.7. The van der Waals surface area contributed by atoms with Gasteiger partial charge < -0.3 is 25.7 Å². The number of hydrogen-bond donors (Lipinski definition) is 3. The number of nitrogen functional groups attached to an aromatic ring is 1. The van der Waals surface area contributed by atoms with E-state index in [0.29, 0.717) is 5.06 Å². The number of hydroxylamine groups is 2. The SMILES string of the molecule is CON=C(C(=O)N[C@H]1CON(C2(C(=O)O)CC(C)C(=O)O2)C1=O)c1csc(N)n1. The van der Waals surface area contributed by atoms with Crippen LogP contribution in [0.5, 0.6) is 0 Å². The van der Waals surface area contributed by atoms with Crippen LogP contribution in [0.2, 0.25) is 0 Å². The van der Waals surface area contributed by atoms with Gasteiger partial charge in [-0.25, -0.2) is 9.78 Å². The number of nitrogens with two attached hydrogens (primary N) is 1. The van der Waals surface area contributed by atoms with Crippen LogP contribution >= 0.6 is 11.3 Å². The summed E-state index contributed by atoms with van der Waals surface area (Å²) in [6.45, 7) is 1.10. The molecule has 0 saturated carbocycles. The van der Waals surface area contributed by atoms with Gasteiger partial charge in [0.2, 0.25) is 0 Å². The van der Waals surface area contributed by atoms with Crippen molar-refractivity contribution in [2.75, 3.05) is 19.5 Å². The van der Waals surface area contributed by atoms with Crippen molar-refractivity contribution in [2.45, 2.75) is 25.1 Å². The minimum atomic E-state index is -2.29. The number of thiazole rings is 1. The normalized spacial score (nSPS) is 27.1. The van der Waals surface area contributed by atoms with Crippen LogP contribution < -0.4 is 11.1 Å². The van der Waals surface area contributed by atoms with Gasteiger partial charge in [-0.05, 0) is 0 Å². The number of carboxylic acid groups (broad SMARTS) is 1. The molecule has 4 N–H and O–H groups in total. The zero-order valence-electron chi connectivity index (χ0n) is 15.3. The average molecular weight is 427 g/mol. The molecule has 0 spiro atoms. The highest BCUT2D eigenvalue weighted by molar-refractivity contribution is 7.13. The smallest absolute Gasteiger partial charge is 0.372 e. The first kappa shape index (κ1) is 20.5. The zero-order chi connectivity index (χ0) is 21.3. The highest BCUT2D eigenvalue weighted by atomic mass is 32.1. The van der Waals surface area contributed by atoms with Gasteiger partial charge in [0, 0.05) is 11.8 Å². The molecular weight excluding hydrogens is 410 g/mol. The second-order valence-electron chi connectivity index (χ2n) is 6.26. The maximum Gasteiger partial charge on any atom is 0.372 e. The molecule has 3 heterocycles. The Hall–Kier alpha value is -3.26. The maximum absolute atomic E-state index is 12.7. The van der Waals surface area contributed by atoms with E-state index in [0.717, 1.165) is 11.3 Å². The third-order valence-corrected chi connectivity index (χ3v) is 4.93. The van der Waals surface area contributed by atoms with E-state index in [1.165, 1.54) is 19.4 Å². The molecule has 1 aromatic heterocycles. The van der Waals surface area contributed by atoms with E-state index in [1.54, 1.807) is 0 Å². The largest absolute Gasteiger partial charge is 0.477 e. The molecule has 0 bridgehead atoms. The molecule has 2 aliphatic rings. The number of cyclic esters (lactones) is 1. The minimum Gasteiger partial charge on any atom is -0.477 e. The lowest BCUT2D eigenvalue weighted by Gasteiger charge is -2.30. The van der Waals surface area contributed by atoms with Gasteiger partial charge in [-0.15, -0.1) is 11.3 Å². The molecular formula is C15H17N5O8S. The van der Waals surface area contributed by atoms with E-state index in [1.807, 2.05) is 0 Å². The summed E-state index contributed by atoms with van der Waals surface area (Å²) < 4.78 is 4.95. The summed E-state index contributed by atoms with van der Waals surface area (Å²) >= 11 is 1.08. The van der Waals surface area contributed by atoms with Crippen molar-refractivity contribution in [3.63, 3.8) is 0 Å². The van der Waals surface area contributed by atoms with Gasteiger partial charge in [-0.2, -0.15) is 5.06 Å². The highest BCUT2D eigenvalue weighted by Gasteiger charge is 2.61. The monoisotopic (exact) mass is 427 g/mol. The molecule has 1 aromatic rings. The van der Waals surface area contributed by atoms with Crippen molar-refractivity contribution in [1.29, 1.82) is 0 Å². The number of aromatic nitrogens is 1. The summed E-state index contributed by atoms with van der Waals surface area (Å²) in [5.74, 6) is -4.78. The van der Waals surface area contributed by atoms with Crippen LogP contribution in [0, 0.1) is 5.92 Å². The third kappa shape index (κ3) is 3.58. The van der Waals surface area contributed by atoms with Crippen LogP contribution in [0.1, 0.15) is 19.0 Å². The number of oxime groups is 1. The lowest BCUT2D eigenvalue weighted by molar-refractivity contribution is -0.256. The predicted molar refractivity (Wildman–Crippen MR) is 95.0 cm³/mol. The third-order valence-electron chi connectivity index (χ3n) is 4.25. The van der Waals surface area contributed by atoms with Gasteiger partial charge in [-0.1, -0.05) is 12.1 Å². The predicted octanol–water partition coefficient (Wildman–Crippen LogP) is -1.30. The van der Waals surface area contributed by atoms with E-state index >= 15 is 0 Å². The average Bonchev–Trinajstić information content (AvgIpc) is 3.32. The number of amides is 2. The van der Waals surface area contributed by atoms with E-state index < -0.39 is 41.4 Å². The second kappa shape index (κ2) is 7.63. The number of esters is 1. The van der Waals surface area contributed by atoms with Gasteiger partial charge in [0.1, 0.15) is 25.5 Å². The molecule has 29 heavy (non-hydrogen) atoms. The standard InChI is InChI=1S/C15H17N5O8S/c1-6-3-15(13(24)25,28-12(6)23)20-11(22)7(4-27-20)17-10(21)9(19-26-2)8-5-29-14(16)18-8/h5-7H,3-4H2,1-2H3,(H2,16,18)(H,17,21)(H,24,25)/t6?,7-,15?/m0/s1. The number of ether oxygens (including phenoxy) is 1. The Morgan fingerprint density at radius 3 is 2.76 bits per heavy atom. The van der Waals surface area contributed by atoms with Crippen LogP contribution in [-0.2, 0) is 33.6 Å². The number of nitrogens with zero attached hydrogens (tertiary/aromatic N) is 3. The first-order valence-electron chi connectivity index (χ1n) is 8.26.